The van der Waals surface area contributed by atoms with E-state index in [1.165, 1.54) is 18.5 Å². The van der Waals surface area contributed by atoms with Crippen molar-refractivity contribution < 1.29 is 19.1 Å². The number of nitrogens with zero attached hydrogens (tertiary/aromatic N) is 1. The van der Waals surface area contributed by atoms with Gasteiger partial charge in [0, 0.05) is 30.7 Å². The molecule has 2 heterocycles. The number of rotatable bonds is 5. The predicted octanol–water partition coefficient (Wildman–Crippen LogP) is 3.30. The number of pyridine rings is 1. The van der Waals surface area contributed by atoms with Gasteiger partial charge in [0.05, 0.1) is 11.1 Å². The van der Waals surface area contributed by atoms with Gasteiger partial charge in [-0.05, 0) is 30.7 Å². The number of anilines is 1. The van der Waals surface area contributed by atoms with Crippen LogP contribution in [-0.2, 0) is 6.54 Å². The molecular formula is C22H19N3O4. The highest BCUT2D eigenvalue weighted by Gasteiger charge is 2.16. The molecule has 0 aliphatic carbocycles. The predicted molar refractivity (Wildman–Crippen MR) is 107 cm³/mol. The third-order valence-electron chi connectivity index (χ3n) is 4.43. The molecule has 1 aliphatic heterocycles. The quantitative estimate of drug-likeness (QED) is 0.699. The maximum atomic E-state index is 12.6. The van der Waals surface area contributed by atoms with Gasteiger partial charge >= 0.3 is 0 Å². The molecule has 0 unspecified atom stereocenters. The maximum absolute atomic E-state index is 12.6. The standard InChI is InChI=1S/C22H19N3O4/c1-14-3-2-4-15(7-14)10-24-21(26)16-8-17(12-23-11-16)22(27)25-18-5-6-19-20(9-18)29-13-28-19/h2-9,11-12H,10,13H2,1H3,(H,24,26)(H,25,27). The molecule has 2 aromatic carbocycles. The van der Waals surface area contributed by atoms with Crippen molar-refractivity contribution in [3.8, 4) is 11.5 Å². The van der Waals surface area contributed by atoms with Gasteiger partial charge in [0.2, 0.25) is 6.79 Å². The number of aryl methyl sites for hydroxylation is 1. The number of carbonyl (C=O) groups excluding carboxylic acids is 2. The minimum atomic E-state index is -0.371. The Kier molecular flexibility index (Phi) is 5.11. The Hall–Kier alpha value is -3.87. The molecule has 3 aromatic rings. The number of fused-ring (bicyclic) bond motifs is 1. The van der Waals surface area contributed by atoms with Crippen LogP contribution in [0.2, 0.25) is 0 Å². The lowest BCUT2D eigenvalue weighted by Gasteiger charge is -2.08. The van der Waals surface area contributed by atoms with Gasteiger partial charge in [-0.2, -0.15) is 0 Å². The van der Waals surface area contributed by atoms with E-state index in [2.05, 4.69) is 15.6 Å². The monoisotopic (exact) mass is 389 g/mol. The first kappa shape index (κ1) is 18.5. The average Bonchev–Trinajstić information content (AvgIpc) is 3.20. The van der Waals surface area contributed by atoms with Crippen molar-refractivity contribution in [1.29, 1.82) is 0 Å². The van der Waals surface area contributed by atoms with E-state index < -0.39 is 0 Å². The van der Waals surface area contributed by atoms with Crippen LogP contribution in [0.1, 0.15) is 31.8 Å². The van der Waals surface area contributed by atoms with Crippen LogP contribution in [0.5, 0.6) is 11.5 Å². The van der Waals surface area contributed by atoms with Gasteiger partial charge < -0.3 is 20.1 Å². The van der Waals surface area contributed by atoms with Crippen molar-refractivity contribution in [3.63, 3.8) is 0 Å². The van der Waals surface area contributed by atoms with E-state index >= 15 is 0 Å². The smallest absolute Gasteiger partial charge is 0.257 e. The molecule has 1 aliphatic rings. The second-order valence-corrected chi connectivity index (χ2v) is 6.66. The van der Waals surface area contributed by atoms with E-state index in [1.54, 1.807) is 18.2 Å². The summed E-state index contributed by atoms with van der Waals surface area (Å²) in [6, 6.07) is 14.5. The van der Waals surface area contributed by atoms with Crippen molar-refractivity contribution in [2.24, 2.45) is 0 Å². The lowest BCUT2D eigenvalue weighted by atomic mass is 10.1. The van der Waals surface area contributed by atoms with Gasteiger partial charge in [-0.1, -0.05) is 29.8 Å². The molecule has 1 aromatic heterocycles. The van der Waals surface area contributed by atoms with E-state index in [9.17, 15) is 9.59 Å². The van der Waals surface area contributed by atoms with Gasteiger partial charge in [-0.25, -0.2) is 0 Å². The van der Waals surface area contributed by atoms with Crippen LogP contribution >= 0.6 is 0 Å². The van der Waals surface area contributed by atoms with Crippen LogP contribution < -0.4 is 20.1 Å². The molecule has 29 heavy (non-hydrogen) atoms. The van der Waals surface area contributed by atoms with Gasteiger partial charge in [0.15, 0.2) is 11.5 Å². The highest BCUT2D eigenvalue weighted by atomic mass is 16.7. The number of hydrogen-bond acceptors (Lipinski definition) is 5. The summed E-state index contributed by atoms with van der Waals surface area (Å²) in [4.78, 5) is 29.0. The molecule has 0 atom stereocenters. The van der Waals surface area contributed by atoms with E-state index in [1.807, 2.05) is 31.2 Å². The summed E-state index contributed by atoms with van der Waals surface area (Å²) in [7, 11) is 0. The van der Waals surface area contributed by atoms with Gasteiger partial charge in [0.1, 0.15) is 0 Å². The SMILES string of the molecule is Cc1cccc(CNC(=O)c2cncc(C(=O)Nc3ccc4c(c3)OCO4)c2)c1. The molecule has 0 spiro atoms. The first-order valence-corrected chi connectivity index (χ1v) is 9.08. The van der Waals surface area contributed by atoms with Crippen LogP contribution in [0.15, 0.2) is 60.9 Å². The van der Waals surface area contributed by atoms with Crippen molar-refractivity contribution in [2.45, 2.75) is 13.5 Å². The summed E-state index contributed by atoms with van der Waals surface area (Å²) in [5.74, 6) is 0.545. The fraction of sp³-hybridized carbons (Fsp3) is 0.136. The number of carbonyl (C=O) groups is 2. The summed E-state index contributed by atoms with van der Waals surface area (Å²) < 4.78 is 10.6. The van der Waals surface area contributed by atoms with Crippen molar-refractivity contribution >= 4 is 17.5 Å². The van der Waals surface area contributed by atoms with E-state index in [0.717, 1.165) is 11.1 Å². The Bertz CT molecular complexity index is 1080. The topological polar surface area (TPSA) is 89.6 Å². The van der Waals surface area contributed by atoms with Gasteiger partial charge in [0.25, 0.3) is 11.8 Å². The van der Waals surface area contributed by atoms with Gasteiger partial charge in [-0.15, -0.1) is 0 Å². The number of aromatic nitrogens is 1. The van der Waals surface area contributed by atoms with E-state index in [4.69, 9.17) is 9.47 Å². The zero-order valence-electron chi connectivity index (χ0n) is 15.8. The lowest BCUT2D eigenvalue weighted by molar-refractivity contribution is 0.0950. The largest absolute Gasteiger partial charge is 0.454 e. The molecule has 2 amide bonds. The first-order valence-electron chi connectivity index (χ1n) is 9.08. The number of amides is 2. The van der Waals surface area contributed by atoms with E-state index in [-0.39, 0.29) is 24.2 Å². The average molecular weight is 389 g/mol. The van der Waals surface area contributed by atoms with Crippen LogP contribution in [-0.4, -0.2) is 23.6 Å². The highest BCUT2D eigenvalue weighted by molar-refractivity contribution is 6.06. The number of ether oxygens (including phenoxy) is 2. The third-order valence-corrected chi connectivity index (χ3v) is 4.43. The van der Waals surface area contributed by atoms with Crippen LogP contribution in [0.3, 0.4) is 0 Å². The summed E-state index contributed by atoms with van der Waals surface area (Å²) in [5, 5.41) is 5.62. The number of benzene rings is 2. The Morgan fingerprint density at radius 1 is 0.966 bits per heavy atom. The normalized spacial score (nSPS) is 11.8. The highest BCUT2D eigenvalue weighted by Crippen LogP contribution is 2.34. The van der Waals surface area contributed by atoms with Crippen LogP contribution in [0.25, 0.3) is 0 Å². The second-order valence-electron chi connectivity index (χ2n) is 6.66. The van der Waals surface area contributed by atoms with E-state index in [0.29, 0.717) is 29.3 Å². The Labute approximate surface area is 167 Å². The maximum Gasteiger partial charge on any atom is 0.257 e. The summed E-state index contributed by atoms with van der Waals surface area (Å²) in [6.45, 7) is 2.56. The molecule has 4 rings (SSSR count). The fourth-order valence-electron chi connectivity index (χ4n) is 2.97. The summed E-state index contributed by atoms with van der Waals surface area (Å²) >= 11 is 0. The summed E-state index contributed by atoms with van der Waals surface area (Å²) in [6.07, 6.45) is 2.85. The molecule has 7 nitrogen and oxygen atoms in total. The zero-order chi connectivity index (χ0) is 20.2. The third kappa shape index (κ3) is 4.35. The second kappa shape index (κ2) is 8.02. The molecule has 7 heteroatoms. The minimum absolute atomic E-state index is 0.163. The van der Waals surface area contributed by atoms with Crippen LogP contribution in [0.4, 0.5) is 5.69 Å². The first-order chi connectivity index (χ1) is 14.1. The molecule has 0 bridgehead atoms. The molecule has 0 radical (unpaired) electrons. The Morgan fingerprint density at radius 3 is 2.59 bits per heavy atom. The number of hydrogen-bond donors (Lipinski definition) is 2. The number of nitrogens with one attached hydrogen (secondary N) is 2. The van der Waals surface area contributed by atoms with Crippen molar-refractivity contribution in [1.82, 2.24) is 10.3 Å². The fourth-order valence-corrected chi connectivity index (χ4v) is 2.97. The van der Waals surface area contributed by atoms with Crippen molar-refractivity contribution in [3.05, 3.63) is 83.2 Å². The summed E-state index contributed by atoms with van der Waals surface area (Å²) in [5.41, 5.74) is 3.29. The van der Waals surface area contributed by atoms with Gasteiger partial charge in [-0.3, -0.25) is 14.6 Å². The molecule has 2 N–H and O–H groups in total. The molecular weight excluding hydrogens is 370 g/mol. The molecule has 0 saturated heterocycles. The molecule has 0 saturated carbocycles. The zero-order valence-corrected chi connectivity index (χ0v) is 15.8. The minimum Gasteiger partial charge on any atom is -0.454 e. The lowest BCUT2D eigenvalue weighted by Crippen LogP contribution is -2.23. The Morgan fingerprint density at radius 2 is 1.76 bits per heavy atom. The van der Waals surface area contributed by atoms with Crippen LogP contribution in [0, 0.1) is 6.92 Å². The Balaban J connectivity index is 1.42. The molecule has 0 fully saturated rings. The molecule has 146 valence electrons. The van der Waals surface area contributed by atoms with Crippen molar-refractivity contribution in [2.75, 3.05) is 12.1 Å².